The van der Waals surface area contributed by atoms with Crippen LogP contribution in [-0.4, -0.2) is 52.7 Å². The SMILES string of the molecule is CC(Cl)C(=O)N1CCC(CO)(CO)CC1. The first-order chi connectivity index (χ1) is 7.04. The number of amides is 1. The van der Waals surface area contributed by atoms with Gasteiger partial charge in [0.15, 0.2) is 0 Å². The van der Waals surface area contributed by atoms with Crippen LogP contribution < -0.4 is 0 Å². The van der Waals surface area contributed by atoms with Crippen LogP contribution in [0.3, 0.4) is 0 Å². The van der Waals surface area contributed by atoms with Gasteiger partial charge < -0.3 is 15.1 Å². The molecule has 15 heavy (non-hydrogen) atoms. The van der Waals surface area contributed by atoms with E-state index in [0.29, 0.717) is 25.9 Å². The number of likely N-dealkylation sites (tertiary alicyclic amines) is 1. The lowest BCUT2D eigenvalue weighted by Gasteiger charge is -2.39. The highest BCUT2D eigenvalue weighted by Crippen LogP contribution is 2.30. The molecule has 2 N–H and O–H groups in total. The third-order valence-electron chi connectivity index (χ3n) is 3.15. The molecule has 4 nitrogen and oxygen atoms in total. The molecule has 1 unspecified atom stereocenters. The van der Waals surface area contributed by atoms with Crippen molar-refractivity contribution in [3.63, 3.8) is 0 Å². The molecule has 0 bridgehead atoms. The molecule has 1 aliphatic rings. The van der Waals surface area contributed by atoms with E-state index in [1.807, 2.05) is 0 Å². The standard InChI is InChI=1S/C10H18ClNO3/c1-8(11)9(15)12-4-2-10(6-13,7-14)3-5-12/h8,13-14H,2-7H2,1H3. The van der Waals surface area contributed by atoms with Crippen molar-refractivity contribution >= 4 is 17.5 Å². The Morgan fingerprint density at radius 2 is 1.87 bits per heavy atom. The van der Waals surface area contributed by atoms with Crippen molar-refractivity contribution in [3.05, 3.63) is 0 Å². The number of aliphatic hydroxyl groups is 2. The Bertz CT molecular complexity index is 219. The number of aliphatic hydroxyl groups excluding tert-OH is 2. The minimum atomic E-state index is -0.499. The summed E-state index contributed by atoms with van der Waals surface area (Å²) >= 11 is 5.71. The maximum Gasteiger partial charge on any atom is 0.240 e. The fourth-order valence-electron chi connectivity index (χ4n) is 1.82. The van der Waals surface area contributed by atoms with Crippen LogP contribution in [0, 0.1) is 5.41 Å². The summed E-state index contributed by atoms with van der Waals surface area (Å²) in [6.07, 6.45) is 1.27. The van der Waals surface area contributed by atoms with Gasteiger partial charge in [-0.2, -0.15) is 0 Å². The summed E-state index contributed by atoms with van der Waals surface area (Å²) in [5, 5.41) is 17.9. The summed E-state index contributed by atoms with van der Waals surface area (Å²) in [5.41, 5.74) is -0.410. The fraction of sp³-hybridized carbons (Fsp3) is 0.900. The van der Waals surface area contributed by atoms with Gasteiger partial charge in [-0.3, -0.25) is 4.79 Å². The van der Waals surface area contributed by atoms with E-state index in [9.17, 15) is 15.0 Å². The fourth-order valence-corrected chi connectivity index (χ4v) is 1.96. The Balaban J connectivity index is 2.52. The van der Waals surface area contributed by atoms with Gasteiger partial charge in [-0.1, -0.05) is 0 Å². The quantitative estimate of drug-likeness (QED) is 0.688. The summed E-state index contributed by atoms with van der Waals surface area (Å²) < 4.78 is 0. The first kappa shape index (κ1) is 12.7. The molecule has 0 aliphatic carbocycles. The smallest absolute Gasteiger partial charge is 0.240 e. The van der Waals surface area contributed by atoms with E-state index in [1.54, 1.807) is 11.8 Å². The van der Waals surface area contributed by atoms with Gasteiger partial charge in [0, 0.05) is 18.5 Å². The number of nitrogens with zero attached hydrogens (tertiary/aromatic N) is 1. The normalized spacial score (nSPS) is 22.5. The molecule has 1 heterocycles. The molecule has 1 rings (SSSR count). The van der Waals surface area contributed by atoms with Gasteiger partial charge in [-0.05, 0) is 19.8 Å². The van der Waals surface area contributed by atoms with E-state index in [2.05, 4.69) is 0 Å². The molecule has 1 atom stereocenters. The highest BCUT2D eigenvalue weighted by Gasteiger charge is 2.35. The van der Waals surface area contributed by atoms with Crippen molar-refractivity contribution in [2.75, 3.05) is 26.3 Å². The largest absolute Gasteiger partial charge is 0.396 e. The zero-order chi connectivity index (χ0) is 11.5. The Hall–Kier alpha value is -0.320. The molecular formula is C10H18ClNO3. The minimum Gasteiger partial charge on any atom is -0.396 e. The van der Waals surface area contributed by atoms with Gasteiger partial charge in [-0.15, -0.1) is 11.6 Å². The van der Waals surface area contributed by atoms with E-state index < -0.39 is 10.8 Å². The Morgan fingerprint density at radius 3 is 2.20 bits per heavy atom. The van der Waals surface area contributed by atoms with Crippen molar-refractivity contribution in [1.82, 2.24) is 4.90 Å². The highest BCUT2D eigenvalue weighted by molar-refractivity contribution is 6.30. The molecule has 88 valence electrons. The Morgan fingerprint density at radius 1 is 1.40 bits per heavy atom. The maximum atomic E-state index is 11.6. The number of hydrogen-bond donors (Lipinski definition) is 2. The number of alkyl halides is 1. The first-order valence-electron chi connectivity index (χ1n) is 5.19. The molecule has 0 spiro atoms. The topological polar surface area (TPSA) is 60.8 Å². The van der Waals surface area contributed by atoms with Gasteiger partial charge in [0.25, 0.3) is 0 Å². The molecule has 0 saturated carbocycles. The van der Waals surface area contributed by atoms with Gasteiger partial charge >= 0.3 is 0 Å². The molecule has 1 saturated heterocycles. The van der Waals surface area contributed by atoms with Crippen molar-refractivity contribution in [3.8, 4) is 0 Å². The van der Waals surface area contributed by atoms with Gasteiger partial charge in [0.1, 0.15) is 5.38 Å². The number of rotatable bonds is 3. The Kier molecular flexibility index (Phi) is 4.37. The molecule has 0 aromatic rings. The summed E-state index contributed by atoms with van der Waals surface area (Å²) in [7, 11) is 0. The van der Waals surface area contributed by atoms with Crippen LogP contribution >= 0.6 is 11.6 Å². The number of carbonyl (C=O) groups excluding carboxylic acids is 1. The van der Waals surface area contributed by atoms with E-state index >= 15 is 0 Å². The summed E-state index contributed by atoms with van der Waals surface area (Å²) in [6.45, 7) is 2.74. The van der Waals surface area contributed by atoms with Crippen LogP contribution in [0.2, 0.25) is 0 Å². The molecule has 5 heteroatoms. The molecule has 1 fully saturated rings. The average Bonchev–Trinajstić information content (AvgIpc) is 2.28. The lowest BCUT2D eigenvalue weighted by atomic mass is 9.80. The predicted octanol–water partition coefficient (Wildman–Crippen LogP) is 0.207. The van der Waals surface area contributed by atoms with E-state index in [1.165, 1.54) is 0 Å². The second kappa shape index (κ2) is 5.14. The average molecular weight is 236 g/mol. The molecule has 0 aromatic carbocycles. The van der Waals surface area contributed by atoms with Crippen LogP contribution in [0.25, 0.3) is 0 Å². The second-order valence-corrected chi connectivity index (χ2v) is 4.91. The Labute approximate surface area is 94.8 Å². The second-order valence-electron chi connectivity index (χ2n) is 4.26. The van der Waals surface area contributed by atoms with Crippen molar-refractivity contribution < 1.29 is 15.0 Å². The zero-order valence-electron chi connectivity index (χ0n) is 8.95. The molecule has 0 aromatic heterocycles. The van der Waals surface area contributed by atoms with Crippen LogP contribution in [0.15, 0.2) is 0 Å². The van der Waals surface area contributed by atoms with E-state index in [0.717, 1.165) is 0 Å². The first-order valence-corrected chi connectivity index (χ1v) is 5.63. The third-order valence-corrected chi connectivity index (χ3v) is 3.33. The molecule has 1 amide bonds. The number of halogens is 1. The van der Waals surface area contributed by atoms with Gasteiger partial charge in [0.05, 0.1) is 13.2 Å². The zero-order valence-corrected chi connectivity index (χ0v) is 9.70. The lowest BCUT2D eigenvalue weighted by molar-refractivity contribution is -0.134. The van der Waals surface area contributed by atoms with E-state index in [-0.39, 0.29) is 19.1 Å². The molecule has 1 aliphatic heterocycles. The van der Waals surface area contributed by atoms with Crippen molar-refractivity contribution in [2.24, 2.45) is 5.41 Å². The number of hydrogen-bond acceptors (Lipinski definition) is 3. The minimum absolute atomic E-state index is 0.0258. The van der Waals surface area contributed by atoms with Crippen LogP contribution in [0.5, 0.6) is 0 Å². The van der Waals surface area contributed by atoms with E-state index in [4.69, 9.17) is 11.6 Å². The molecular weight excluding hydrogens is 218 g/mol. The predicted molar refractivity (Wildman–Crippen MR) is 57.7 cm³/mol. The van der Waals surface area contributed by atoms with Gasteiger partial charge in [0.2, 0.25) is 5.91 Å². The van der Waals surface area contributed by atoms with Crippen molar-refractivity contribution in [2.45, 2.75) is 25.1 Å². The summed E-state index contributed by atoms with van der Waals surface area (Å²) in [4.78, 5) is 13.3. The summed E-state index contributed by atoms with van der Waals surface area (Å²) in [6, 6.07) is 0. The molecule has 0 radical (unpaired) electrons. The van der Waals surface area contributed by atoms with Crippen molar-refractivity contribution in [1.29, 1.82) is 0 Å². The summed E-state index contributed by atoms with van der Waals surface area (Å²) in [5.74, 6) is -0.0684. The lowest BCUT2D eigenvalue weighted by Crippen LogP contribution is -2.47. The van der Waals surface area contributed by atoms with Crippen LogP contribution in [0.1, 0.15) is 19.8 Å². The van der Waals surface area contributed by atoms with Gasteiger partial charge in [-0.25, -0.2) is 0 Å². The monoisotopic (exact) mass is 235 g/mol. The third kappa shape index (κ3) is 2.83. The number of piperidine rings is 1. The maximum absolute atomic E-state index is 11.6. The van der Waals surface area contributed by atoms with Crippen LogP contribution in [-0.2, 0) is 4.79 Å². The number of carbonyl (C=O) groups is 1. The highest BCUT2D eigenvalue weighted by atomic mass is 35.5. The van der Waals surface area contributed by atoms with Crippen LogP contribution in [0.4, 0.5) is 0 Å².